The highest BCUT2D eigenvalue weighted by Gasteiger charge is 2.32. The Labute approximate surface area is 135 Å². The van der Waals surface area contributed by atoms with E-state index in [2.05, 4.69) is 20.0 Å². The van der Waals surface area contributed by atoms with Crippen LogP contribution < -0.4 is 0 Å². The Balaban J connectivity index is 1.34. The third-order valence-corrected chi connectivity index (χ3v) is 5.42. The van der Waals surface area contributed by atoms with Crippen LogP contribution in [0.3, 0.4) is 0 Å². The van der Waals surface area contributed by atoms with Crippen molar-refractivity contribution in [3.8, 4) is 0 Å². The summed E-state index contributed by atoms with van der Waals surface area (Å²) < 4.78 is 5.46. The molecule has 1 aliphatic heterocycles. The lowest BCUT2D eigenvalue weighted by Gasteiger charge is -2.20. The fraction of sp³-hybridized carbons (Fsp3) is 0.706. The molecule has 6 heteroatoms. The van der Waals surface area contributed by atoms with Gasteiger partial charge in [0.1, 0.15) is 5.82 Å². The minimum atomic E-state index is 0.372. The number of H-pyrrole nitrogens is 1. The molecule has 1 atom stereocenters. The van der Waals surface area contributed by atoms with Crippen molar-refractivity contribution < 1.29 is 4.52 Å². The number of hydrogen-bond acceptors (Lipinski definition) is 5. The monoisotopic (exact) mass is 313 g/mol. The number of aromatic amines is 1. The van der Waals surface area contributed by atoms with Crippen LogP contribution in [-0.2, 0) is 19.4 Å². The third-order valence-electron chi connectivity index (χ3n) is 5.42. The molecule has 122 valence electrons. The summed E-state index contributed by atoms with van der Waals surface area (Å²) in [5.74, 6) is 3.37. The first-order valence-corrected chi connectivity index (χ1v) is 9.01. The molecule has 0 radical (unpaired) electrons. The Morgan fingerprint density at radius 2 is 2.00 bits per heavy atom. The molecule has 2 aromatic heterocycles. The van der Waals surface area contributed by atoms with Crippen LogP contribution in [-0.4, -0.2) is 31.6 Å². The molecule has 5 rings (SSSR count). The lowest BCUT2D eigenvalue weighted by atomic mass is 10.0. The number of rotatable bonds is 4. The van der Waals surface area contributed by atoms with Crippen LogP contribution in [0.1, 0.15) is 79.4 Å². The topological polar surface area (TPSA) is 70.8 Å². The van der Waals surface area contributed by atoms with Crippen LogP contribution in [0.2, 0.25) is 0 Å². The number of aromatic nitrogens is 4. The first-order valence-electron chi connectivity index (χ1n) is 9.01. The number of hydrogen-bond donors (Lipinski definition) is 1. The Hall–Kier alpha value is -1.69. The van der Waals surface area contributed by atoms with Gasteiger partial charge in [-0.3, -0.25) is 4.90 Å². The first-order chi connectivity index (χ1) is 11.4. The van der Waals surface area contributed by atoms with Gasteiger partial charge in [-0.25, -0.2) is 4.98 Å². The number of nitrogens with one attached hydrogen (secondary N) is 1. The Kier molecular flexibility index (Phi) is 3.25. The van der Waals surface area contributed by atoms with Gasteiger partial charge >= 0.3 is 0 Å². The molecule has 1 saturated heterocycles. The summed E-state index contributed by atoms with van der Waals surface area (Å²) in [5.41, 5.74) is 2.67. The highest BCUT2D eigenvalue weighted by Crippen LogP contribution is 2.38. The second-order valence-electron chi connectivity index (χ2n) is 7.20. The summed E-state index contributed by atoms with van der Waals surface area (Å²) in [4.78, 5) is 15.5. The number of aryl methyl sites for hydroxylation is 2. The van der Waals surface area contributed by atoms with Gasteiger partial charge in [-0.2, -0.15) is 4.98 Å². The van der Waals surface area contributed by atoms with Gasteiger partial charge in [-0.1, -0.05) is 5.16 Å². The Morgan fingerprint density at radius 1 is 1.09 bits per heavy atom. The highest BCUT2D eigenvalue weighted by atomic mass is 16.5. The summed E-state index contributed by atoms with van der Waals surface area (Å²) in [6, 6.07) is 0.372. The molecule has 2 aliphatic carbocycles. The standard InChI is InChI=1S/C17H23N5O/c1-2-5-13-12(4-1)18-17(19-13)14-6-3-9-22(14)10-15-20-16(21-23-15)11-7-8-11/h11,14H,1-10H2,(H,18,19)/t14-/m0/s1. The van der Waals surface area contributed by atoms with Gasteiger partial charge in [0.25, 0.3) is 0 Å². The number of nitrogens with zero attached hydrogens (tertiary/aromatic N) is 4. The molecule has 0 unspecified atom stereocenters. The molecule has 2 aromatic rings. The van der Waals surface area contributed by atoms with Crippen molar-refractivity contribution in [1.29, 1.82) is 0 Å². The predicted octanol–water partition coefficient (Wildman–Crippen LogP) is 2.89. The van der Waals surface area contributed by atoms with E-state index in [1.807, 2.05) is 0 Å². The summed E-state index contributed by atoms with van der Waals surface area (Å²) >= 11 is 0. The SMILES string of the molecule is C1CCc2[nH]c([C@@H]3CCCN3Cc3nc(C4CC4)no3)nc2C1. The largest absolute Gasteiger partial charge is 0.344 e. The van der Waals surface area contributed by atoms with Crippen molar-refractivity contribution in [2.24, 2.45) is 0 Å². The van der Waals surface area contributed by atoms with Crippen LogP contribution in [0.15, 0.2) is 4.52 Å². The average molecular weight is 313 g/mol. The number of fused-ring (bicyclic) bond motifs is 1. The summed E-state index contributed by atoms with van der Waals surface area (Å²) in [5, 5.41) is 4.13. The van der Waals surface area contributed by atoms with Crippen molar-refractivity contribution in [2.75, 3.05) is 6.54 Å². The zero-order chi connectivity index (χ0) is 15.2. The van der Waals surface area contributed by atoms with E-state index in [1.165, 1.54) is 43.5 Å². The molecule has 6 nitrogen and oxygen atoms in total. The van der Waals surface area contributed by atoms with Gasteiger partial charge in [0, 0.05) is 11.6 Å². The fourth-order valence-electron chi connectivity index (χ4n) is 3.97. The van der Waals surface area contributed by atoms with Gasteiger partial charge in [0.15, 0.2) is 5.82 Å². The predicted molar refractivity (Wildman–Crippen MR) is 83.9 cm³/mol. The number of imidazole rings is 1. The molecular formula is C17H23N5O. The van der Waals surface area contributed by atoms with Crippen LogP contribution >= 0.6 is 0 Å². The maximum atomic E-state index is 5.46. The van der Waals surface area contributed by atoms with Crippen LogP contribution in [0, 0.1) is 0 Å². The van der Waals surface area contributed by atoms with Crippen LogP contribution in [0.5, 0.6) is 0 Å². The Bertz CT molecular complexity index is 678. The molecule has 2 fully saturated rings. The van der Waals surface area contributed by atoms with E-state index in [-0.39, 0.29) is 0 Å². The van der Waals surface area contributed by atoms with Gasteiger partial charge in [0.05, 0.1) is 18.3 Å². The fourth-order valence-corrected chi connectivity index (χ4v) is 3.97. The molecule has 1 N–H and O–H groups in total. The molecule has 0 spiro atoms. The maximum absolute atomic E-state index is 5.46. The van der Waals surface area contributed by atoms with E-state index in [4.69, 9.17) is 9.51 Å². The summed E-state index contributed by atoms with van der Waals surface area (Å²) in [6.07, 6.45) is 9.64. The summed E-state index contributed by atoms with van der Waals surface area (Å²) in [6.45, 7) is 1.83. The van der Waals surface area contributed by atoms with E-state index in [1.54, 1.807) is 0 Å². The maximum Gasteiger partial charge on any atom is 0.240 e. The van der Waals surface area contributed by atoms with Crippen LogP contribution in [0.4, 0.5) is 0 Å². The van der Waals surface area contributed by atoms with E-state index in [9.17, 15) is 0 Å². The first kappa shape index (κ1) is 13.7. The van der Waals surface area contributed by atoms with E-state index >= 15 is 0 Å². The quantitative estimate of drug-likeness (QED) is 0.940. The van der Waals surface area contributed by atoms with Crippen molar-refractivity contribution in [3.05, 3.63) is 28.9 Å². The van der Waals surface area contributed by atoms with Crippen molar-refractivity contribution >= 4 is 0 Å². The second kappa shape index (κ2) is 5.44. The lowest BCUT2D eigenvalue weighted by Crippen LogP contribution is -2.23. The van der Waals surface area contributed by atoms with Gasteiger partial charge in [0.2, 0.25) is 5.89 Å². The second-order valence-corrected chi connectivity index (χ2v) is 7.20. The van der Waals surface area contributed by atoms with Gasteiger partial charge < -0.3 is 9.51 Å². The number of likely N-dealkylation sites (tertiary alicyclic amines) is 1. The van der Waals surface area contributed by atoms with E-state index in [0.29, 0.717) is 12.0 Å². The van der Waals surface area contributed by atoms with Crippen LogP contribution in [0.25, 0.3) is 0 Å². The zero-order valence-corrected chi connectivity index (χ0v) is 13.4. The molecule has 23 heavy (non-hydrogen) atoms. The van der Waals surface area contributed by atoms with Gasteiger partial charge in [-0.15, -0.1) is 0 Å². The zero-order valence-electron chi connectivity index (χ0n) is 13.4. The van der Waals surface area contributed by atoms with E-state index < -0.39 is 0 Å². The van der Waals surface area contributed by atoms with Crippen molar-refractivity contribution in [1.82, 2.24) is 25.0 Å². The third kappa shape index (κ3) is 2.59. The Morgan fingerprint density at radius 3 is 2.87 bits per heavy atom. The smallest absolute Gasteiger partial charge is 0.240 e. The van der Waals surface area contributed by atoms with Gasteiger partial charge in [-0.05, 0) is 57.9 Å². The summed E-state index contributed by atoms with van der Waals surface area (Å²) in [7, 11) is 0. The van der Waals surface area contributed by atoms with Crippen molar-refractivity contribution in [2.45, 2.75) is 69.9 Å². The minimum Gasteiger partial charge on any atom is -0.344 e. The molecule has 0 amide bonds. The van der Waals surface area contributed by atoms with Crippen molar-refractivity contribution in [3.63, 3.8) is 0 Å². The lowest BCUT2D eigenvalue weighted by molar-refractivity contribution is 0.206. The highest BCUT2D eigenvalue weighted by molar-refractivity contribution is 5.19. The molecule has 1 saturated carbocycles. The molecule has 3 heterocycles. The molecular weight excluding hydrogens is 290 g/mol. The average Bonchev–Trinajstić information content (AvgIpc) is 3.00. The minimum absolute atomic E-state index is 0.372. The molecule has 3 aliphatic rings. The molecule has 0 bridgehead atoms. The van der Waals surface area contributed by atoms with E-state index in [0.717, 1.165) is 49.9 Å². The normalized spacial score (nSPS) is 25.0. The molecule has 0 aromatic carbocycles.